The molecule has 0 amide bonds. The highest BCUT2D eigenvalue weighted by molar-refractivity contribution is 5.44. The lowest BCUT2D eigenvalue weighted by Gasteiger charge is -2.14. The molecule has 114 valence electrons. The Hall–Kier alpha value is -2.05. The van der Waals surface area contributed by atoms with Gasteiger partial charge in [-0.2, -0.15) is 13.2 Å². The van der Waals surface area contributed by atoms with Gasteiger partial charge >= 0.3 is 6.18 Å². The molecule has 0 saturated heterocycles. The summed E-state index contributed by atoms with van der Waals surface area (Å²) in [4.78, 5) is 4.06. The van der Waals surface area contributed by atoms with Crippen LogP contribution in [0.25, 0.3) is 5.69 Å². The second kappa shape index (κ2) is 5.75. The Morgan fingerprint density at radius 2 is 2.00 bits per heavy atom. The van der Waals surface area contributed by atoms with E-state index >= 15 is 0 Å². The quantitative estimate of drug-likeness (QED) is 0.862. The van der Waals surface area contributed by atoms with Gasteiger partial charge in [0.1, 0.15) is 5.82 Å². The fraction of sp³-hybridized carbons (Fsp3) is 0.357. The summed E-state index contributed by atoms with van der Waals surface area (Å²) in [6.45, 7) is 4.63. The molecule has 0 aliphatic rings. The van der Waals surface area contributed by atoms with Crippen LogP contribution >= 0.6 is 0 Å². The van der Waals surface area contributed by atoms with Gasteiger partial charge in [0, 0.05) is 24.6 Å². The van der Waals surface area contributed by atoms with E-state index in [1.807, 2.05) is 13.8 Å². The first-order valence-corrected chi connectivity index (χ1v) is 6.43. The van der Waals surface area contributed by atoms with Crippen LogP contribution in [-0.4, -0.2) is 16.1 Å². The van der Waals surface area contributed by atoms with Crippen molar-refractivity contribution in [3.63, 3.8) is 0 Å². The minimum atomic E-state index is -4.73. The van der Waals surface area contributed by atoms with Gasteiger partial charge in [0.25, 0.3) is 0 Å². The Kier molecular flexibility index (Phi) is 4.20. The summed E-state index contributed by atoms with van der Waals surface area (Å²) in [6.07, 6.45) is -1.73. The second-order valence-corrected chi connectivity index (χ2v) is 5.06. The minimum Gasteiger partial charge on any atom is -0.355 e. The van der Waals surface area contributed by atoms with E-state index in [1.165, 1.54) is 23.0 Å². The molecule has 21 heavy (non-hydrogen) atoms. The van der Waals surface area contributed by atoms with Crippen molar-refractivity contribution in [3.8, 4) is 5.69 Å². The lowest BCUT2D eigenvalue weighted by atomic mass is 10.2. The van der Waals surface area contributed by atoms with Crippen molar-refractivity contribution in [2.45, 2.75) is 20.0 Å². The molecule has 0 bridgehead atoms. The van der Waals surface area contributed by atoms with E-state index < -0.39 is 17.6 Å². The van der Waals surface area contributed by atoms with Crippen LogP contribution in [0.4, 0.5) is 23.5 Å². The molecule has 1 aromatic heterocycles. The Morgan fingerprint density at radius 3 is 2.62 bits per heavy atom. The van der Waals surface area contributed by atoms with Crippen molar-refractivity contribution in [2.75, 3.05) is 11.9 Å². The number of anilines is 1. The molecule has 1 N–H and O–H groups in total. The van der Waals surface area contributed by atoms with Crippen LogP contribution in [0.2, 0.25) is 0 Å². The maximum Gasteiger partial charge on any atom is 0.419 e. The number of rotatable bonds is 4. The van der Waals surface area contributed by atoms with E-state index in [0.717, 1.165) is 12.1 Å². The van der Waals surface area contributed by atoms with E-state index in [1.54, 1.807) is 0 Å². The smallest absolute Gasteiger partial charge is 0.355 e. The number of alkyl halides is 3. The number of nitrogens with zero attached hydrogens (tertiary/aromatic N) is 2. The number of nitrogens with one attached hydrogen (secondary N) is 1. The average molecular weight is 301 g/mol. The maximum absolute atomic E-state index is 13.3. The molecule has 2 rings (SSSR count). The van der Waals surface area contributed by atoms with Gasteiger partial charge < -0.3 is 5.32 Å². The molecule has 0 unspecified atom stereocenters. The van der Waals surface area contributed by atoms with Crippen LogP contribution in [0.15, 0.2) is 30.6 Å². The number of hydrogen-bond acceptors (Lipinski definition) is 2. The van der Waals surface area contributed by atoms with Gasteiger partial charge in [-0.15, -0.1) is 0 Å². The zero-order chi connectivity index (χ0) is 15.6. The molecule has 1 heterocycles. The highest BCUT2D eigenvalue weighted by atomic mass is 19.4. The average Bonchev–Trinajstić information content (AvgIpc) is 2.84. The summed E-state index contributed by atoms with van der Waals surface area (Å²) < 4.78 is 53.0. The molecule has 7 heteroatoms. The Bertz CT molecular complexity index is 617. The van der Waals surface area contributed by atoms with E-state index in [0.29, 0.717) is 18.4 Å². The fourth-order valence-electron chi connectivity index (χ4n) is 1.82. The van der Waals surface area contributed by atoms with Crippen molar-refractivity contribution in [1.29, 1.82) is 0 Å². The van der Waals surface area contributed by atoms with E-state index in [2.05, 4.69) is 10.3 Å². The number of hydrogen-bond donors (Lipinski definition) is 1. The molecule has 0 atom stereocenters. The molecule has 0 fully saturated rings. The molecule has 0 saturated carbocycles. The first kappa shape index (κ1) is 15.3. The largest absolute Gasteiger partial charge is 0.419 e. The molecule has 0 spiro atoms. The first-order chi connectivity index (χ1) is 9.79. The lowest BCUT2D eigenvalue weighted by Crippen LogP contribution is -2.13. The van der Waals surface area contributed by atoms with Crippen molar-refractivity contribution >= 4 is 5.95 Å². The number of imidazole rings is 1. The van der Waals surface area contributed by atoms with Crippen molar-refractivity contribution in [3.05, 3.63) is 42.0 Å². The molecule has 3 nitrogen and oxygen atoms in total. The third kappa shape index (κ3) is 3.53. The topological polar surface area (TPSA) is 29.9 Å². The number of benzene rings is 1. The van der Waals surface area contributed by atoms with Crippen molar-refractivity contribution in [1.82, 2.24) is 9.55 Å². The van der Waals surface area contributed by atoms with Crippen LogP contribution in [0.3, 0.4) is 0 Å². The third-order valence-electron chi connectivity index (χ3n) is 2.84. The summed E-state index contributed by atoms with van der Waals surface area (Å²) in [5.74, 6) is -0.513. The zero-order valence-corrected chi connectivity index (χ0v) is 11.6. The standard InChI is InChI=1S/C14H15F4N3/c1-9(2)8-20-13-19-5-6-21(13)10-3-4-12(15)11(7-10)14(16,17)18/h3-7,9H,8H2,1-2H3,(H,19,20). The summed E-state index contributed by atoms with van der Waals surface area (Å²) in [5.41, 5.74) is -1.09. The number of halogens is 4. The van der Waals surface area contributed by atoms with Gasteiger partial charge in [-0.3, -0.25) is 4.57 Å². The lowest BCUT2D eigenvalue weighted by molar-refractivity contribution is -0.140. The van der Waals surface area contributed by atoms with Crippen molar-refractivity contribution < 1.29 is 17.6 Å². The van der Waals surface area contributed by atoms with Gasteiger partial charge in [-0.1, -0.05) is 13.8 Å². The van der Waals surface area contributed by atoms with Crippen LogP contribution in [0.1, 0.15) is 19.4 Å². The normalized spacial score (nSPS) is 12.0. The first-order valence-electron chi connectivity index (χ1n) is 6.43. The fourth-order valence-corrected chi connectivity index (χ4v) is 1.82. The van der Waals surface area contributed by atoms with Gasteiger partial charge in [0.15, 0.2) is 0 Å². The zero-order valence-electron chi connectivity index (χ0n) is 11.6. The van der Waals surface area contributed by atoms with Gasteiger partial charge in [-0.05, 0) is 24.1 Å². The highest BCUT2D eigenvalue weighted by Gasteiger charge is 2.34. The Labute approximate surface area is 119 Å². The van der Waals surface area contributed by atoms with Crippen molar-refractivity contribution in [2.24, 2.45) is 5.92 Å². The minimum absolute atomic E-state index is 0.201. The van der Waals surface area contributed by atoms with Gasteiger partial charge in [-0.25, -0.2) is 9.37 Å². The number of aromatic nitrogens is 2. The molecule has 0 radical (unpaired) electrons. The Morgan fingerprint density at radius 1 is 1.29 bits per heavy atom. The molecule has 0 aliphatic carbocycles. The maximum atomic E-state index is 13.3. The summed E-state index contributed by atoms with van der Waals surface area (Å²) in [7, 11) is 0. The monoisotopic (exact) mass is 301 g/mol. The van der Waals surface area contributed by atoms with Crippen LogP contribution < -0.4 is 5.32 Å². The van der Waals surface area contributed by atoms with Crippen LogP contribution in [-0.2, 0) is 6.18 Å². The highest BCUT2D eigenvalue weighted by Crippen LogP contribution is 2.33. The third-order valence-corrected chi connectivity index (χ3v) is 2.84. The summed E-state index contributed by atoms with van der Waals surface area (Å²) in [5, 5.41) is 3.04. The summed E-state index contributed by atoms with van der Waals surface area (Å²) >= 11 is 0. The predicted molar refractivity (Wildman–Crippen MR) is 71.9 cm³/mol. The molecular weight excluding hydrogens is 286 g/mol. The molecular formula is C14H15F4N3. The van der Waals surface area contributed by atoms with Crippen LogP contribution in [0.5, 0.6) is 0 Å². The van der Waals surface area contributed by atoms with E-state index in [9.17, 15) is 17.6 Å². The molecule has 2 aromatic rings. The summed E-state index contributed by atoms with van der Waals surface area (Å²) in [6, 6.07) is 2.87. The van der Waals surface area contributed by atoms with Gasteiger partial charge in [0.05, 0.1) is 5.56 Å². The SMILES string of the molecule is CC(C)CNc1nccn1-c1ccc(F)c(C(F)(F)F)c1. The Balaban J connectivity index is 2.37. The van der Waals surface area contributed by atoms with Gasteiger partial charge in [0.2, 0.25) is 5.95 Å². The second-order valence-electron chi connectivity index (χ2n) is 5.06. The molecule has 1 aromatic carbocycles. The van der Waals surface area contributed by atoms with Crippen LogP contribution in [0, 0.1) is 11.7 Å². The van der Waals surface area contributed by atoms with E-state index in [4.69, 9.17) is 0 Å². The predicted octanol–water partition coefficient (Wildman–Crippen LogP) is 4.10. The van der Waals surface area contributed by atoms with E-state index in [-0.39, 0.29) is 5.69 Å². The molecule has 0 aliphatic heterocycles.